The zero-order valence-corrected chi connectivity index (χ0v) is 12.6. The van der Waals surface area contributed by atoms with Crippen LogP contribution >= 0.6 is 11.6 Å². The van der Waals surface area contributed by atoms with Gasteiger partial charge in [-0.3, -0.25) is 4.72 Å². The van der Waals surface area contributed by atoms with Crippen LogP contribution in [0.5, 0.6) is 0 Å². The van der Waals surface area contributed by atoms with Crippen LogP contribution in [0.1, 0.15) is 11.1 Å². The van der Waals surface area contributed by atoms with Gasteiger partial charge < -0.3 is 5.73 Å². The zero-order chi connectivity index (χ0) is 14.9. The van der Waals surface area contributed by atoms with Gasteiger partial charge in [-0.1, -0.05) is 17.7 Å². The lowest BCUT2D eigenvalue weighted by atomic mass is 10.1. The minimum absolute atomic E-state index is 0.0884. The number of nitrogens with two attached hydrogens (primary N) is 1. The van der Waals surface area contributed by atoms with Crippen molar-refractivity contribution in [3.8, 4) is 0 Å². The number of halogens is 1. The average molecular weight is 312 g/mol. The van der Waals surface area contributed by atoms with Crippen molar-refractivity contribution in [2.45, 2.75) is 18.7 Å². The summed E-state index contributed by atoms with van der Waals surface area (Å²) >= 11 is 5.74. The van der Waals surface area contributed by atoms with E-state index in [-0.39, 0.29) is 15.7 Å². The summed E-state index contributed by atoms with van der Waals surface area (Å²) in [6, 6.07) is 6.31. The smallest absolute Gasteiger partial charge is 0.264 e. The number of hydrogen-bond donors (Lipinski definition) is 2. The predicted molar refractivity (Wildman–Crippen MR) is 80.4 cm³/mol. The summed E-state index contributed by atoms with van der Waals surface area (Å²) in [7, 11) is -3.78. The molecule has 5 nitrogen and oxygen atoms in total. The van der Waals surface area contributed by atoms with Crippen molar-refractivity contribution in [2.24, 2.45) is 0 Å². The van der Waals surface area contributed by atoms with Crippen LogP contribution < -0.4 is 10.5 Å². The number of anilines is 2. The molecule has 0 radical (unpaired) electrons. The van der Waals surface area contributed by atoms with Crippen LogP contribution in [0, 0.1) is 13.8 Å². The van der Waals surface area contributed by atoms with Crippen molar-refractivity contribution in [3.05, 3.63) is 46.7 Å². The van der Waals surface area contributed by atoms with E-state index in [1.54, 1.807) is 19.1 Å². The number of nitrogen functional groups attached to an aromatic ring is 1. The molecule has 0 saturated heterocycles. The number of nitrogens with zero attached hydrogens (tertiary/aromatic N) is 1. The van der Waals surface area contributed by atoms with E-state index in [4.69, 9.17) is 17.3 Å². The lowest BCUT2D eigenvalue weighted by Gasteiger charge is -2.14. The van der Waals surface area contributed by atoms with E-state index in [1.165, 1.54) is 18.3 Å². The number of nitrogens with one attached hydrogen (secondary N) is 1. The molecule has 0 spiro atoms. The topological polar surface area (TPSA) is 85.1 Å². The molecule has 1 aromatic carbocycles. The molecular formula is C13H14ClN3O2S. The lowest BCUT2D eigenvalue weighted by Crippen LogP contribution is -2.16. The average Bonchev–Trinajstić information content (AvgIpc) is 2.33. The Hall–Kier alpha value is -1.79. The summed E-state index contributed by atoms with van der Waals surface area (Å²) in [5.74, 6) is 0. The number of aromatic nitrogens is 1. The highest BCUT2D eigenvalue weighted by Crippen LogP contribution is 2.27. The summed E-state index contributed by atoms with van der Waals surface area (Å²) < 4.78 is 27.4. The second-order valence-electron chi connectivity index (χ2n) is 4.40. The van der Waals surface area contributed by atoms with E-state index in [1.807, 2.05) is 6.92 Å². The van der Waals surface area contributed by atoms with Gasteiger partial charge in [-0.05, 0) is 43.2 Å². The van der Waals surface area contributed by atoms with Crippen molar-refractivity contribution in [1.82, 2.24) is 4.98 Å². The lowest BCUT2D eigenvalue weighted by molar-refractivity contribution is 0.601. The van der Waals surface area contributed by atoms with Crippen LogP contribution in [-0.4, -0.2) is 13.4 Å². The fraction of sp³-hybridized carbons (Fsp3) is 0.154. The summed E-state index contributed by atoms with van der Waals surface area (Å²) in [6.07, 6.45) is 1.42. The van der Waals surface area contributed by atoms with Crippen molar-refractivity contribution in [3.63, 3.8) is 0 Å². The summed E-state index contributed by atoms with van der Waals surface area (Å²) in [4.78, 5) is 3.89. The summed E-state index contributed by atoms with van der Waals surface area (Å²) in [6.45, 7) is 3.55. The number of benzene rings is 1. The first-order chi connectivity index (χ1) is 9.31. The van der Waals surface area contributed by atoms with E-state index >= 15 is 0 Å². The monoisotopic (exact) mass is 311 g/mol. The molecule has 20 heavy (non-hydrogen) atoms. The highest BCUT2D eigenvalue weighted by atomic mass is 35.5. The van der Waals surface area contributed by atoms with Gasteiger partial charge in [-0.25, -0.2) is 13.4 Å². The maximum Gasteiger partial charge on any atom is 0.264 e. The third kappa shape index (κ3) is 2.86. The molecule has 2 rings (SSSR count). The minimum Gasteiger partial charge on any atom is -0.398 e. The Labute approximate surface area is 122 Å². The summed E-state index contributed by atoms with van der Waals surface area (Å²) in [5.41, 5.74) is 7.83. The molecule has 0 amide bonds. The highest BCUT2D eigenvalue weighted by molar-refractivity contribution is 7.93. The van der Waals surface area contributed by atoms with Crippen LogP contribution in [0.15, 0.2) is 35.4 Å². The molecule has 2 aromatic rings. The molecule has 3 N–H and O–H groups in total. The first-order valence-corrected chi connectivity index (χ1v) is 7.67. The van der Waals surface area contributed by atoms with Gasteiger partial charge >= 0.3 is 0 Å². The number of hydrogen-bond acceptors (Lipinski definition) is 4. The van der Waals surface area contributed by atoms with Crippen LogP contribution in [0.25, 0.3) is 0 Å². The first-order valence-electron chi connectivity index (χ1n) is 5.81. The molecule has 106 valence electrons. The molecule has 1 heterocycles. The predicted octanol–water partition coefficient (Wildman–Crippen LogP) is 2.73. The van der Waals surface area contributed by atoms with Gasteiger partial charge in [0.1, 0.15) is 10.0 Å². The Balaban J connectivity index is 2.49. The number of sulfonamides is 1. The maximum atomic E-state index is 12.5. The Morgan fingerprint density at radius 1 is 1.25 bits per heavy atom. The fourth-order valence-electron chi connectivity index (χ4n) is 1.84. The molecule has 0 aliphatic rings. The Bertz CT molecular complexity index is 760. The van der Waals surface area contributed by atoms with Crippen molar-refractivity contribution >= 4 is 33.0 Å². The van der Waals surface area contributed by atoms with E-state index in [0.717, 1.165) is 5.56 Å². The quantitative estimate of drug-likeness (QED) is 0.674. The van der Waals surface area contributed by atoms with Crippen LogP contribution in [0.3, 0.4) is 0 Å². The second-order valence-corrected chi connectivity index (χ2v) is 6.41. The molecule has 0 aliphatic heterocycles. The molecule has 7 heteroatoms. The Morgan fingerprint density at radius 3 is 2.60 bits per heavy atom. The Kier molecular flexibility index (Phi) is 3.87. The van der Waals surface area contributed by atoms with Crippen LogP contribution in [0.4, 0.5) is 11.4 Å². The number of aryl methyl sites for hydroxylation is 1. The Morgan fingerprint density at radius 2 is 1.95 bits per heavy atom. The molecule has 0 aliphatic carbocycles. The highest BCUT2D eigenvalue weighted by Gasteiger charge is 2.21. The normalized spacial score (nSPS) is 11.3. The molecule has 0 atom stereocenters. The van der Waals surface area contributed by atoms with Crippen molar-refractivity contribution in [1.29, 1.82) is 0 Å². The molecular weight excluding hydrogens is 298 g/mol. The van der Waals surface area contributed by atoms with Gasteiger partial charge in [0.05, 0.1) is 11.4 Å². The fourth-order valence-corrected chi connectivity index (χ4v) is 3.50. The molecule has 1 aromatic heterocycles. The van der Waals surface area contributed by atoms with Crippen LogP contribution in [-0.2, 0) is 10.0 Å². The number of rotatable bonds is 3. The van der Waals surface area contributed by atoms with Gasteiger partial charge in [0.2, 0.25) is 0 Å². The van der Waals surface area contributed by atoms with Crippen molar-refractivity contribution < 1.29 is 8.42 Å². The third-order valence-electron chi connectivity index (χ3n) is 2.95. The van der Waals surface area contributed by atoms with Gasteiger partial charge in [-0.2, -0.15) is 0 Å². The molecule has 0 fully saturated rings. The maximum absolute atomic E-state index is 12.5. The van der Waals surface area contributed by atoms with Gasteiger partial charge in [0, 0.05) is 6.20 Å². The van der Waals surface area contributed by atoms with E-state index in [0.29, 0.717) is 11.3 Å². The first kappa shape index (κ1) is 14.6. The van der Waals surface area contributed by atoms with Gasteiger partial charge in [-0.15, -0.1) is 0 Å². The zero-order valence-electron chi connectivity index (χ0n) is 11.0. The summed E-state index contributed by atoms with van der Waals surface area (Å²) in [5, 5.41) is 0.208. The second kappa shape index (κ2) is 5.30. The minimum atomic E-state index is -3.78. The number of pyridine rings is 1. The molecule has 0 unspecified atom stereocenters. The van der Waals surface area contributed by atoms with Crippen LogP contribution in [0.2, 0.25) is 5.15 Å². The van der Waals surface area contributed by atoms with Gasteiger partial charge in [0.15, 0.2) is 0 Å². The SMILES string of the molecule is Cc1ccc(N)c(S(=O)(=O)Nc2ccnc(Cl)c2)c1C. The molecule has 0 bridgehead atoms. The standard InChI is InChI=1S/C13H14ClN3O2S/c1-8-3-4-11(15)13(9(8)2)20(18,19)17-10-5-6-16-12(14)7-10/h3-7H,15H2,1-2H3,(H,16,17). The largest absolute Gasteiger partial charge is 0.398 e. The van der Waals surface area contributed by atoms with E-state index in [9.17, 15) is 8.42 Å². The molecule has 0 saturated carbocycles. The van der Waals surface area contributed by atoms with E-state index in [2.05, 4.69) is 9.71 Å². The third-order valence-corrected chi connectivity index (χ3v) is 4.75. The van der Waals surface area contributed by atoms with E-state index < -0.39 is 10.0 Å². The van der Waals surface area contributed by atoms with Gasteiger partial charge in [0.25, 0.3) is 10.0 Å². The van der Waals surface area contributed by atoms with Crippen molar-refractivity contribution in [2.75, 3.05) is 10.5 Å².